The number of hydrogen-bond donors (Lipinski definition) is 2. The van der Waals surface area contributed by atoms with Crippen LogP contribution in [-0.4, -0.2) is 52.0 Å². The first-order valence-corrected chi connectivity index (χ1v) is 14.5. The lowest BCUT2D eigenvalue weighted by Gasteiger charge is -2.43. The number of likely N-dealkylation sites (tertiary alicyclic amines) is 2. The first kappa shape index (κ1) is 30.4. The SMILES string of the molecule is CC.CC(C)=C/C(=C\N)NS(C)=O.Cc1ccc(CN2CCC(N3CCCCC3C)CC2)cc1. The van der Waals surface area contributed by atoms with Crippen molar-refractivity contribution >= 4 is 11.0 Å². The smallest absolute Gasteiger partial charge is 0.113 e. The first-order valence-electron chi connectivity index (χ1n) is 13.0. The summed E-state index contributed by atoms with van der Waals surface area (Å²) in [6.07, 6.45) is 11.8. The minimum absolute atomic E-state index is 0.686. The summed E-state index contributed by atoms with van der Waals surface area (Å²) >= 11 is 0. The Morgan fingerprint density at radius 1 is 1.09 bits per heavy atom. The summed E-state index contributed by atoms with van der Waals surface area (Å²) in [5.74, 6) is 0. The van der Waals surface area contributed by atoms with Crippen molar-refractivity contribution in [3.05, 3.63) is 58.9 Å². The van der Waals surface area contributed by atoms with Gasteiger partial charge in [0.1, 0.15) is 11.0 Å². The third-order valence-corrected chi connectivity index (χ3v) is 6.82. The van der Waals surface area contributed by atoms with Gasteiger partial charge in [0, 0.05) is 31.1 Å². The second-order valence-electron chi connectivity index (χ2n) is 9.48. The molecular formula is C28H50N4OS. The van der Waals surface area contributed by atoms with Gasteiger partial charge in [-0.15, -0.1) is 0 Å². The molecule has 194 valence electrons. The fourth-order valence-electron chi connectivity index (χ4n) is 4.61. The normalized spacial score (nSPS) is 20.8. The predicted molar refractivity (Wildman–Crippen MR) is 150 cm³/mol. The molecule has 0 aromatic heterocycles. The summed E-state index contributed by atoms with van der Waals surface area (Å²) < 4.78 is 13.4. The Morgan fingerprint density at radius 2 is 1.71 bits per heavy atom. The van der Waals surface area contributed by atoms with E-state index >= 15 is 0 Å². The van der Waals surface area contributed by atoms with E-state index in [1.807, 2.05) is 33.8 Å². The molecule has 2 aliphatic heterocycles. The summed E-state index contributed by atoms with van der Waals surface area (Å²) in [5.41, 5.74) is 9.88. The molecule has 2 fully saturated rings. The monoisotopic (exact) mass is 490 g/mol. The Labute approximate surface area is 212 Å². The molecule has 0 spiro atoms. The molecule has 2 saturated heterocycles. The fourth-order valence-corrected chi connectivity index (χ4v) is 5.07. The molecule has 0 aliphatic carbocycles. The van der Waals surface area contributed by atoms with Crippen LogP contribution in [0, 0.1) is 6.92 Å². The summed E-state index contributed by atoms with van der Waals surface area (Å²) in [7, 11) is -1.05. The third-order valence-electron chi connectivity index (χ3n) is 6.29. The van der Waals surface area contributed by atoms with Crippen LogP contribution in [-0.2, 0) is 17.5 Å². The lowest BCUT2D eigenvalue weighted by Crippen LogP contribution is -2.49. The topological polar surface area (TPSA) is 61.6 Å². The second-order valence-corrected chi connectivity index (χ2v) is 10.6. The van der Waals surface area contributed by atoms with E-state index < -0.39 is 11.0 Å². The lowest BCUT2D eigenvalue weighted by molar-refractivity contribution is 0.0555. The van der Waals surface area contributed by atoms with Crippen molar-refractivity contribution in [3.8, 4) is 0 Å². The average molecular weight is 491 g/mol. The number of rotatable bonds is 6. The van der Waals surface area contributed by atoms with Gasteiger partial charge in [0.25, 0.3) is 0 Å². The Hall–Kier alpha value is -1.63. The number of nitrogens with zero attached hydrogens (tertiary/aromatic N) is 2. The van der Waals surface area contributed by atoms with Crippen LogP contribution in [0.1, 0.15) is 77.8 Å². The molecule has 0 radical (unpaired) electrons. The van der Waals surface area contributed by atoms with Crippen LogP contribution in [0.3, 0.4) is 0 Å². The number of benzene rings is 1. The second kappa shape index (κ2) is 16.9. The van der Waals surface area contributed by atoms with Gasteiger partial charge in [-0.2, -0.15) is 0 Å². The van der Waals surface area contributed by atoms with Crippen LogP contribution in [0.25, 0.3) is 0 Å². The average Bonchev–Trinajstić information content (AvgIpc) is 2.82. The highest BCUT2D eigenvalue weighted by Gasteiger charge is 2.29. The van der Waals surface area contributed by atoms with E-state index in [1.54, 1.807) is 6.26 Å². The number of piperidine rings is 2. The van der Waals surface area contributed by atoms with Gasteiger partial charge in [0.15, 0.2) is 0 Å². The standard InChI is InChI=1S/C19H30N2.C7H14N2OS.C2H6/c1-16-6-8-18(9-7-16)15-20-13-10-19(11-14-20)21-12-4-3-5-17(21)2;1-6(2)4-7(5-8)9-11(3)10;1-2/h6-9,17,19H,3-5,10-15H2,1-2H3;4-5,9H,8H2,1-3H3;1-2H3/b;7-5+;. The molecule has 3 rings (SSSR count). The van der Waals surface area contributed by atoms with E-state index in [2.05, 4.69) is 52.6 Å². The van der Waals surface area contributed by atoms with Crippen LogP contribution in [0.2, 0.25) is 0 Å². The van der Waals surface area contributed by atoms with Crippen molar-refractivity contribution in [1.82, 2.24) is 14.5 Å². The zero-order valence-electron chi connectivity index (χ0n) is 22.8. The molecule has 3 N–H and O–H groups in total. The van der Waals surface area contributed by atoms with Gasteiger partial charge in [-0.25, -0.2) is 4.21 Å². The maximum absolute atomic E-state index is 10.7. The number of nitrogens with one attached hydrogen (secondary N) is 1. The first-order chi connectivity index (χ1) is 16.3. The van der Waals surface area contributed by atoms with Gasteiger partial charge in [0.05, 0.1) is 5.70 Å². The van der Waals surface area contributed by atoms with Crippen LogP contribution in [0.15, 0.2) is 47.8 Å². The van der Waals surface area contributed by atoms with Crippen molar-refractivity contribution in [3.63, 3.8) is 0 Å². The van der Waals surface area contributed by atoms with E-state index in [0.717, 1.165) is 24.2 Å². The van der Waals surface area contributed by atoms with Gasteiger partial charge >= 0.3 is 0 Å². The van der Waals surface area contributed by atoms with Gasteiger partial charge in [-0.1, -0.05) is 55.7 Å². The van der Waals surface area contributed by atoms with Crippen molar-refractivity contribution in [2.45, 2.75) is 92.3 Å². The van der Waals surface area contributed by atoms with E-state index in [0.29, 0.717) is 5.70 Å². The highest BCUT2D eigenvalue weighted by molar-refractivity contribution is 7.82. The van der Waals surface area contributed by atoms with E-state index in [9.17, 15) is 4.21 Å². The Bertz CT molecular complexity index is 763. The van der Waals surface area contributed by atoms with E-state index in [-0.39, 0.29) is 0 Å². The highest BCUT2D eigenvalue weighted by atomic mass is 32.2. The number of nitrogens with two attached hydrogens (primary N) is 1. The predicted octanol–water partition coefficient (Wildman–Crippen LogP) is 5.50. The molecule has 1 aromatic carbocycles. The van der Waals surface area contributed by atoms with Gasteiger partial charge in [-0.05, 0) is 84.7 Å². The summed E-state index contributed by atoms with van der Waals surface area (Å²) in [4.78, 5) is 5.43. The van der Waals surface area contributed by atoms with Crippen LogP contribution in [0.4, 0.5) is 0 Å². The summed E-state index contributed by atoms with van der Waals surface area (Å²) in [6.45, 7) is 17.5. The molecule has 2 aliphatic rings. The zero-order chi connectivity index (χ0) is 25.5. The number of allylic oxidation sites excluding steroid dienone is 2. The minimum atomic E-state index is -1.05. The molecule has 2 heterocycles. The van der Waals surface area contributed by atoms with Crippen molar-refractivity contribution in [1.29, 1.82) is 0 Å². The van der Waals surface area contributed by atoms with Crippen molar-refractivity contribution in [2.24, 2.45) is 5.73 Å². The van der Waals surface area contributed by atoms with Crippen molar-refractivity contribution in [2.75, 3.05) is 25.9 Å². The Kier molecular flexibility index (Phi) is 15.1. The van der Waals surface area contributed by atoms with Crippen molar-refractivity contribution < 1.29 is 4.21 Å². The Morgan fingerprint density at radius 3 is 2.21 bits per heavy atom. The van der Waals surface area contributed by atoms with Gasteiger partial charge < -0.3 is 10.5 Å². The van der Waals surface area contributed by atoms with Gasteiger partial charge in [0.2, 0.25) is 0 Å². The highest BCUT2D eigenvalue weighted by Crippen LogP contribution is 2.25. The Balaban J connectivity index is 0.000000380. The lowest BCUT2D eigenvalue weighted by atomic mass is 9.95. The summed E-state index contributed by atoms with van der Waals surface area (Å²) in [5, 5.41) is 0. The molecule has 0 saturated carbocycles. The quantitative estimate of drug-likeness (QED) is 0.517. The largest absolute Gasteiger partial charge is 0.403 e. The summed E-state index contributed by atoms with van der Waals surface area (Å²) in [6, 6.07) is 10.7. The fraction of sp³-hybridized carbons (Fsp3) is 0.643. The van der Waals surface area contributed by atoms with Crippen LogP contribution < -0.4 is 10.5 Å². The molecule has 5 nitrogen and oxygen atoms in total. The number of hydrogen-bond acceptors (Lipinski definition) is 4. The maximum Gasteiger partial charge on any atom is 0.113 e. The molecule has 0 amide bonds. The molecule has 34 heavy (non-hydrogen) atoms. The minimum Gasteiger partial charge on any atom is -0.403 e. The van der Waals surface area contributed by atoms with Crippen LogP contribution in [0.5, 0.6) is 0 Å². The molecule has 1 aromatic rings. The van der Waals surface area contributed by atoms with E-state index in [1.165, 1.54) is 69.1 Å². The van der Waals surface area contributed by atoms with Gasteiger partial charge in [-0.3, -0.25) is 9.80 Å². The molecular weight excluding hydrogens is 440 g/mol. The zero-order valence-corrected chi connectivity index (χ0v) is 23.6. The molecule has 2 atom stereocenters. The maximum atomic E-state index is 10.7. The third kappa shape index (κ3) is 11.7. The molecule has 6 heteroatoms. The molecule has 0 bridgehead atoms. The molecule has 2 unspecified atom stereocenters. The van der Waals surface area contributed by atoms with E-state index in [4.69, 9.17) is 5.73 Å². The number of aryl methyl sites for hydroxylation is 1. The van der Waals surface area contributed by atoms with Crippen LogP contribution >= 0.6 is 0 Å².